The highest BCUT2D eigenvalue weighted by molar-refractivity contribution is 5.61. The van der Waals surface area contributed by atoms with Crippen molar-refractivity contribution in [1.82, 2.24) is 4.90 Å². The number of carbonyl (C=O) groups excluding carboxylic acids is 1. The van der Waals surface area contributed by atoms with Crippen molar-refractivity contribution in [2.75, 3.05) is 13.1 Å². The Morgan fingerprint density at radius 1 is 1.47 bits per heavy atom. The van der Waals surface area contributed by atoms with Crippen LogP contribution in [0.3, 0.4) is 0 Å². The van der Waals surface area contributed by atoms with Crippen LogP contribution in [0.1, 0.15) is 40.0 Å². The van der Waals surface area contributed by atoms with Crippen molar-refractivity contribution in [3.63, 3.8) is 0 Å². The van der Waals surface area contributed by atoms with Gasteiger partial charge < -0.3 is 9.47 Å². The van der Waals surface area contributed by atoms with Crippen molar-refractivity contribution in [2.24, 2.45) is 0 Å². The number of hydrogen-bond donors (Lipinski definition) is 0. The summed E-state index contributed by atoms with van der Waals surface area (Å²) in [6.07, 6.45) is 3.13. The summed E-state index contributed by atoms with van der Waals surface area (Å²) in [5.41, 5.74) is 0. The van der Waals surface area contributed by atoms with Crippen molar-refractivity contribution in [2.45, 2.75) is 46.1 Å². The van der Waals surface area contributed by atoms with E-state index >= 15 is 0 Å². The molecule has 0 N–H and O–H groups in total. The normalized spacial score (nSPS) is 19.2. The smallest absolute Gasteiger partial charge is 0.432 e. The van der Waals surface area contributed by atoms with E-state index in [1.165, 1.54) is 6.42 Å². The van der Waals surface area contributed by atoms with Crippen LogP contribution < -0.4 is 0 Å². The Hall–Kier alpha value is -0.770. The number of likely N-dealkylation sites (tertiary alicyclic amines) is 1. The molecule has 0 amide bonds. The fourth-order valence-corrected chi connectivity index (χ4v) is 1.62. The SMILES string of the molecule is CCN1CCCC[C]1OC(=O)OC(C)C. The van der Waals surface area contributed by atoms with Gasteiger partial charge in [0.15, 0.2) is 0 Å². The lowest BCUT2D eigenvalue weighted by Crippen LogP contribution is -2.36. The Bertz CT molecular complexity index is 206. The van der Waals surface area contributed by atoms with Crippen LogP contribution in [0.5, 0.6) is 0 Å². The predicted octanol–water partition coefficient (Wildman–Crippen LogP) is 2.54. The zero-order valence-corrected chi connectivity index (χ0v) is 9.78. The van der Waals surface area contributed by atoms with Crippen molar-refractivity contribution < 1.29 is 14.3 Å². The van der Waals surface area contributed by atoms with Crippen LogP contribution in [-0.4, -0.2) is 30.2 Å². The molecule has 1 heterocycles. The van der Waals surface area contributed by atoms with Gasteiger partial charge in [0.1, 0.15) is 0 Å². The molecule has 0 saturated carbocycles. The molecule has 0 aromatic heterocycles. The molecule has 0 aromatic rings. The summed E-state index contributed by atoms with van der Waals surface area (Å²) in [7, 11) is 0. The molecule has 15 heavy (non-hydrogen) atoms. The zero-order chi connectivity index (χ0) is 11.3. The van der Waals surface area contributed by atoms with Gasteiger partial charge in [-0.3, -0.25) is 4.90 Å². The molecule has 1 aliphatic heterocycles. The summed E-state index contributed by atoms with van der Waals surface area (Å²) in [4.78, 5) is 13.4. The van der Waals surface area contributed by atoms with E-state index in [1.54, 1.807) is 0 Å². The lowest BCUT2D eigenvalue weighted by atomic mass is 10.1. The molecule has 1 fully saturated rings. The average Bonchev–Trinajstić information content (AvgIpc) is 2.17. The molecule has 0 bridgehead atoms. The molecular formula is C11H20NO3. The molecule has 1 saturated heterocycles. The van der Waals surface area contributed by atoms with Crippen LogP contribution in [0.15, 0.2) is 0 Å². The van der Waals surface area contributed by atoms with Crippen LogP contribution in [0.4, 0.5) is 4.79 Å². The Balaban J connectivity index is 2.37. The summed E-state index contributed by atoms with van der Waals surface area (Å²) in [6.45, 7) is 7.53. The topological polar surface area (TPSA) is 38.8 Å². The first-order valence-electron chi connectivity index (χ1n) is 5.62. The molecule has 1 aliphatic rings. The maximum Gasteiger partial charge on any atom is 0.510 e. The molecule has 0 atom stereocenters. The van der Waals surface area contributed by atoms with Crippen LogP contribution in [-0.2, 0) is 9.47 Å². The Labute approximate surface area is 91.5 Å². The first-order valence-corrected chi connectivity index (χ1v) is 5.62. The molecule has 87 valence electrons. The van der Waals surface area contributed by atoms with Crippen LogP contribution in [0.25, 0.3) is 0 Å². The second-order valence-electron chi connectivity index (χ2n) is 3.95. The second-order valence-corrected chi connectivity index (χ2v) is 3.95. The van der Waals surface area contributed by atoms with Crippen LogP contribution in [0, 0.1) is 6.23 Å². The third kappa shape index (κ3) is 4.08. The first-order chi connectivity index (χ1) is 7.13. The molecule has 0 aromatic carbocycles. The van der Waals surface area contributed by atoms with E-state index in [9.17, 15) is 4.79 Å². The summed E-state index contributed by atoms with van der Waals surface area (Å²) in [5.74, 6) is 0. The summed E-state index contributed by atoms with van der Waals surface area (Å²) in [6, 6.07) is 0. The number of rotatable bonds is 3. The summed E-state index contributed by atoms with van der Waals surface area (Å²) >= 11 is 0. The zero-order valence-electron chi connectivity index (χ0n) is 9.78. The summed E-state index contributed by atoms with van der Waals surface area (Å²) in [5, 5.41) is 0. The van der Waals surface area contributed by atoms with Gasteiger partial charge in [0.05, 0.1) is 6.10 Å². The van der Waals surface area contributed by atoms with Gasteiger partial charge in [0.25, 0.3) is 0 Å². The number of ether oxygens (including phenoxy) is 2. The number of nitrogens with zero attached hydrogens (tertiary/aromatic N) is 1. The first kappa shape index (κ1) is 12.3. The minimum absolute atomic E-state index is 0.128. The molecule has 4 heteroatoms. The van der Waals surface area contributed by atoms with Crippen LogP contribution >= 0.6 is 0 Å². The standard InChI is InChI=1S/C11H20NO3/c1-4-12-8-6-5-7-10(12)15-11(13)14-9(2)3/h9H,4-8H2,1-3H3. The molecule has 1 radical (unpaired) electrons. The lowest BCUT2D eigenvalue weighted by molar-refractivity contribution is -0.00742. The maximum absolute atomic E-state index is 11.3. The molecule has 0 aliphatic carbocycles. The highest BCUT2D eigenvalue weighted by atomic mass is 16.7. The molecule has 0 unspecified atom stereocenters. The van der Waals surface area contributed by atoms with Gasteiger partial charge in [-0.05, 0) is 33.2 Å². The van der Waals surface area contributed by atoms with Gasteiger partial charge in [-0.2, -0.15) is 0 Å². The molecule has 0 spiro atoms. The minimum atomic E-state index is -0.583. The van der Waals surface area contributed by atoms with Gasteiger partial charge in [-0.1, -0.05) is 6.92 Å². The second kappa shape index (κ2) is 5.95. The van der Waals surface area contributed by atoms with Gasteiger partial charge in [-0.25, -0.2) is 4.79 Å². The summed E-state index contributed by atoms with van der Waals surface area (Å²) < 4.78 is 10.1. The van der Waals surface area contributed by atoms with E-state index < -0.39 is 6.16 Å². The Morgan fingerprint density at radius 3 is 2.80 bits per heavy atom. The monoisotopic (exact) mass is 214 g/mol. The molecule has 4 nitrogen and oxygen atoms in total. The van der Waals surface area contributed by atoms with Gasteiger partial charge in [0, 0.05) is 13.0 Å². The predicted molar refractivity (Wildman–Crippen MR) is 57.0 cm³/mol. The lowest BCUT2D eigenvalue weighted by Gasteiger charge is -2.32. The van der Waals surface area contributed by atoms with Gasteiger partial charge >= 0.3 is 6.16 Å². The fraction of sp³-hybridized carbons (Fsp3) is 0.818. The highest BCUT2D eigenvalue weighted by Gasteiger charge is 2.27. The molecule has 1 rings (SSSR count). The van der Waals surface area contributed by atoms with Crippen molar-refractivity contribution in [3.05, 3.63) is 6.23 Å². The maximum atomic E-state index is 11.3. The van der Waals surface area contributed by atoms with E-state index in [0.29, 0.717) is 0 Å². The molecular weight excluding hydrogens is 194 g/mol. The van der Waals surface area contributed by atoms with E-state index in [4.69, 9.17) is 9.47 Å². The fourth-order valence-electron chi connectivity index (χ4n) is 1.62. The highest BCUT2D eigenvalue weighted by Crippen LogP contribution is 2.24. The Kier molecular flexibility index (Phi) is 4.88. The third-order valence-electron chi connectivity index (χ3n) is 2.34. The third-order valence-corrected chi connectivity index (χ3v) is 2.34. The van der Waals surface area contributed by atoms with Gasteiger partial charge in [0.2, 0.25) is 6.23 Å². The average molecular weight is 214 g/mol. The van der Waals surface area contributed by atoms with Gasteiger partial charge in [-0.15, -0.1) is 0 Å². The van der Waals surface area contributed by atoms with E-state index in [0.717, 1.165) is 32.2 Å². The number of piperidine rings is 1. The van der Waals surface area contributed by atoms with Crippen molar-refractivity contribution >= 4 is 6.16 Å². The number of carbonyl (C=O) groups is 1. The van der Waals surface area contributed by atoms with Crippen molar-refractivity contribution in [3.8, 4) is 0 Å². The number of hydrogen-bond acceptors (Lipinski definition) is 4. The van der Waals surface area contributed by atoms with Crippen molar-refractivity contribution in [1.29, 1.82) is 0 Å². The van der Waals surface area contributed by atoms with E-state index in [-0.39, 0.29) is 6.10 Å². The van der Waals surface area contributed by atoms with Crippen LogP contribution in [0.2, 0.25) is 0 Å². The van der Waals surface area contributed by atoms with E-state index in [1.807, 2.05) is 13.8 Å². The largest absolute Gasteiger partial charge is 0.510 e. The quantitative estimate of drug-likeness (QED) is 0.677. The minimum Gasteiger partial charge on any atom is -0.432 e. The van der Waals surface area contributed by atoms with E-state index in [2.05, 4.69) is 11.8 Å². The Morgan fingerprint density at radius 2 is 2.20 bits per heavy atom.